The number of thiophene rings is 1. The van der Waals surface area contributed by atoms with Gasteiger partial charge in [0, 0.05) is 16.3 Å². The number of nitriles is 1. The zero-order valence-corrected chi connectivity index (χ0v) is 18.0. The van der Waals surface area contributed by atoms with Gasteiger partial charge >= 0.3 is 0 Å². The van der Waals surface area contributed by atoms with Gasteiger partial charge in [0.15, 0.2) is 0 Å². The number of hydrogen-bond donors (Lipinski definition) is 2. The number of hydrogen-bond acceptors (Lipinski definition) is 6. The van der Waals surface area contributed by atoms with Crippen LogP contribution < -0.4 is 11.1 Å². The average molecular weight is 448 g/mol. The first-order chi connectivity index (χ1) is 15.3. The highest BCUT2D eigenvalue weighted by Gasteiger charge is 2.20. The molecule has 0 aliphatic rings. The van der Waals surface area contributed by atoms with E-state index in [1.165, 1.54) is 29.5 Å². The molecule has 3 aromatic heterocycles. The first-order valence-corrected chi connectivity index (χ1v) is 10.3. The smallest absolute Gasteiger partial charge is 0.267 e. The van der Waals surface area contributed by atoms with Gasteiger partial charge in [-0.15, -0.1) is 11.3 Å². The summed E-state index contributed by atoms with van der Waals surface area (Å²) in [4.78, 5) is 30.4. The highest BCUT2D eigenvalue weighted by Crippen LogP contribution is 2.25. The number of primary amides is 1. The molecule has 0 spiro atoms. The molecule has 32 heavy (non-hydrogen) atoms. The molecule has 2 amide bonds. The van der Waals surface area contributed by atoms with Crippen LogP contribution in [0.4, 0.5) is 10.1 Å². The van der Waals surface area contributed by atoms with Crippen molar-refractivity contribution in [3.63, 3.8) is 0 Å². The number of aryl methyl sites for hydroxylation is 1. The van der Waals surface area contributed by atoms with E-state index in [-0.39, 0.29) is 16.8 Å². The number of carbonyl (C=O) groups is 2. The van der Waals surface area contributed by atoms with Crippen molar-refractivity contribution in [1.82, 2.24) is 14.8 Å². The summed E-state index contributed by atoms with van der Waals surface area (Å²) in [7, 11) is 0. The van der Waals surface area contributed by atoms with E-state index in [0.717, 1.165) is 16.6 Å². The van der Waals surface area contributed by atoms with Gasteiger partial charge in [-0.3, -0.25) is 14.3 Å². The van der Waals surface area contributed by atoms with Crippen LogP contribution in [0, 0.1) is 31.0 Å². The molecule has 0 unspecified atom stereocenters. The molecule has 0 bridgehead atoms. The van der Waals surface area contributed by atoms with Crippen LogP contribution in [0.2, 0.25) is 0 Å². The van der Waals surface area contributed by atoms with E-state index in [1.54, 1.807) is 17.7 Å². The number of fused-ring (bicyclic) bond motifs is 1. The number of carbonyl (C=O) groups excluding carboxylic acids is 2. The van der Waals surface area contributed by atoms with Crippen molar-refractivity contribution in [3.05, 3.63) is 74.6 Å². The Hall–Kier alpha value is -4.10. The molecule has 8 nitrogen and oxygen atoms in total. The number of nitrogens with two attached hydrogens (primary N) is 1. The van der Waals surface area contributed by atoms with Crippen molar-refractivity contribution in [2.75, 3.05) is 5.32 Å². The zero-order chi connectivity index (χ0) is 23.0. The Bertz CT molecular complexity index is 1430. The molecule has 0 aliphatic carbocycles. The van der Waals surface area contributed by atoms with Gasteiger partial charge in [-0.1, -0.05) is 0 Å². The van der Waals surface area contributed by atoms with Crippen LogP contribution in [0.1, 0.15) is 42.0 Å². The van der Waals surface area contributed by atoms with Crippen molar-refractivity contribution >= 4 is 39.7 Å². The summed E-state index contributed by atoms with van der Waals surface area (Å²) in [6.45, 7) is 4.05. The van der Waals surface area contributed by atoms with Gasteiger partial charge in [-0.05, 0) is 44.2 Å². The number of halogens is 1. The van der Waals surface area contributed by atoms with Crippen LogP contribution in [-0.2, 0) is 6.54 Å². The van der Waals surface area contributed by atoms with E-state index in [1.807, 2.05) is 13.0 Å². The summed E-state index contributed by atoms with van der Waals surface area (Å²) in [5.74, 6) is -1.86. The van der Waals surface area contributed by atoms with E-state index in [2.05, 4.69) is 21.5 Å². The van der Waals surface area contributed by atoms with Crippen LogP contribution >= 0.6 is 11.3 Å². The molecular weight excluding hydrogens is 431 g/mol. The fraction of sp³-hybridized carbons (Fsp3) is 0.136. The number of aromatic nitrogens is 3. The van der Waals surface area contributed by atoms with Gasteiger partial charge in [0.05, 0.1) is 34.7 Å². The quantitative estimate of drug-likeness (QED) is 0.483. The lowest BCUT2D eigenvalue weighted by Gasteiger charge is -2.10. The first-order valence-electron chi connectivity index (χ1n) is 9.51. The Morgan fingerprint density at radius 2 is 2.03 bits per heavy atom. The maximum Gasteiger partial charge on any atom is 0.267 e. The molecule has 1 aromatic carbocycles. The lowest BCUT2D eigenvalue weighted by molar-refractivity contribution is 0.0996. The van der Waals surface area contributed by atoms with E-state index in [0.29, 0.717) is 28.2 Å². The predicted molar refractivity (Wildman–Crippen MR) is 118 cm³/mol. The van der Waals surface area contributed by atoms with Crippen LogP contribution in [0.25, 0.3) is 10.9 Å². The molecule has 3 heterocycles. The van der Waals surface area contributed by atoms with Gasteiger partial charge in [0.1, 0.15) is 22.5 Å². The number of amides is 2. The standard InChI is InChI=1S/C22H17FN6O2S/c1-11-20(12(2)29(28-11)10-15-5-4-14(9-24)32-15)27-22(31)17-8-19(21(25)30)26-18-7-13(23)3-6-16(17)18/h3-8H,10H2,1-2H3,(H2,25,30)(H,27,31). The summed E-state index contributed by atoms with van der Waals surface area (Å²) in [5.41, 5.74) is 7.36. The zero-order valence-electron chi connectivity index (χ0n) is 17.1. The van der Waals surface area contributed by atoms with Gasteiger partial charge in [-0.2, -0.15) is 10.4 Å². The van der Waals surface area contributed by atoms with Gasteiger partial charge in [0.2, 0.25) is 0 Å². The van der Waals surface area contributed by atoms with E-state index in [4.69, 9.17) is 11.0 Å². The first kappa shape index (κ1) is 21.1. The summed E-state index contributed by atoms with van der Waals surface area (Å²) < 4.78 is 15.4. The van der Waals surface area contributed by atoms with Crippen molar-refractivity contribution in [2.45, 2.75) is 20.4 Å². The lowest BCUT2D eigenvalue weighted by atomic mass is 10.1. The van der Waals surface area contributed by atoms with Gasteiger partial charge in [-0.25, -0.2) is 9.37 Å². The van der Waals surface area contributed by atoms with Gasteiger partial charge < -0.3 is 11.1 Å². The Labute approximate surface area is 186 Å². The Balaban J connectivity index is 1.69. The van der Waals surface area contributed by atoms with Gasteiger partial charge in [0.25, 0.3) is 11.8 Å². The molecule has 160 valence electrons. The third kappa shape index (κ3) is 3.93. The molecule has 0 radical (unpaired) electrons. The minimum atomic E-state index is -0.821. The van der Waals surface area contributed by atoms with Crippen LogP contribution in [0.15, 0.2) is 36.4 Å². The topological polar surface area (TPSA) is 127 Å². The molecule has 0 saturated carbocycles. The van der Waals surface area contributed by atoms with E-state index in [9.17, 15) is 14.0 Å². The maximum atomic E-state index is 13.7. The van der Waals surface area contributed by atoms with Crippen LogP contribution in [0.3, 0.4) is 0 Å². The van der Waals surface area contributed by atoms with Crippen molar-refractivity contribution < 1.29 is 14.0 Å². The predicted octanol–water partition coefficient (Wildman–Crippen LogP) is 3.52. The molecule has 4 rings (SSSR count). The van der Waals surface area contributed by atoms with Crippen molar-refractivity contribution in [2.24, 2.45) is 5.73 Å². The molecule has 3 N–H and O–H groups in total. The fourth-order valence-corrected chi connectivity index (χ4v) is 4.19. The minimum Gasteiger partial charge on any atom is -0.364 e. The summed E-state index contributed by atoms with van der Waals surface area (Å²) in [6.07, 6.45) is 0. The number of rotatable bonds is 5. The molecule has 4 aromatic rings. The number of anilines is 1. The molecule has 0 saturated heterocycles. The molecule has 10 heteroatoms. The second kappa shape index (κ2) is 8.20. The SMILES string of the molecule is Cc1nn(Cc2ccc(C#N)s2)c(C)c1NC(=O)c1cc(C(N)=O)nc2cc(F)ccc12. The molecule has 0 atom stereocenters. The third-order valence-corrected chi connectivity index (χ3v) is 5.94. The Morgan fingerprint density at radius 3 is 2.72 bits per heavy atom. The second-order valence-corrected chi connectivity index (χ2v) is 8.28. The summed E-state index contributed by atoms with van der Waals surface area (Å²) in [6, 6.07) is 10.8. The Morgan fingerprint density at radius 1 is 1.25 bits per heavy atom. The number of pyridine rings is 1. The third-order valence-electron chi connectivity index (χ3n) is 4.97. The summed E-state index contributed by atoms with van der Waals surface area (Å²) in [5, 5.41) is 16.7. The number of nitrogens with zero attached hydrogens (tertiary/aromatic N) is 4. The monoisotopic (exact) mass is 448 g/mol. The normalized spacial score (nSPS) is 10.8. The highest BCUT2D eigenvalue weighted by molar-refractivity contribution is 7.12. The van der Waals surface area contributed by atoms with Crippen LogP contribution in [0.5, 0.6) is 0 Å². The molecule has 0 fully saturated rings. The average Bonchev–Trinajstić information content (AvgIpc) is 3.32. The van der Waals surface area contributed by atoms with Crippen molar-refractivity contribution in [3.8, 4) is 6.07 Å². The number of benzene rings is 1. The second-order valence-electron chi connectivity index (χ2n) is 7.12. The number of nitrogens with one attached hydrogen (secondary N) is 1. The summed E-state index contributed by atoms with van der Waals surface area (Å²) >= 11 is 1.38. The lowest BCUT2D eigenvalue weighted by Crippen LogP contribution is -2.18. The maximum absolute atomic E-state index is 13.7. The molecule has 0 aliphatic heterocycles. The Kier molecular flexibility index (Phi) is 5.42. The van der Waals surface area contributed by atoms with Crippen LogP contribution in [-0.4, -0.2) is 26.6 Å². The van der Waals surface area contributed by atoms with E-state index < -0.39 is 17.6 Å². The minimum absolute atomic E-state index is 0.136. The largest absolute Gasteiger partial charge is 0.364 e. The highest BCUT2D eigenvalue weighted by atomic mass is 32.1. The fourth-order valence-electron chi connectivity index (χ4n) is 3.40. The molecular formula is C22H17FN6O2S. The van der Waals surface area contributed by atoms with E-state index >= 15 is 0 Å². The van der Waals surface area contributed by atoms with Crippen molar-refractivity contribution in [1.29, 1.82) is 5.26 Å².